The Morgan fingerprint density at radius 3 is 2.89 bits per heavy atom. The summed E-state index contributed by atoms with van der Waals surface area (Å²) in [5.74, 6) is 0.574. The summed E-state index contributed by atoms with van der Waals surface area (Å²) in [5, 5.41) is 10.6. The van der Waals surface area contributed by atoms with Crippen molar-refractivity contribution in [3.63, 3.8) is 0 Å². The number of benzene rings is 1. The van der Waals surface area contributed by atoms with Crippen LogP contribution in [-0.4, -0.2) is 9.91 Å². The number of nitrogens with zero attached hydrogens (tertiary/aromatic N) is 2. The lowest BCUT2D eigenvalue weighted by atomic mass is 10.2. The highest BCUT2D eigenvalue weighted by Crippen LogP contribution is 2.28. The Bertz CT molecular complexity index is 599. The highest BCUT2D eigenvalue weighted by molar-refractivity contribution is 5.55. The molecule has 1 aromatic carbocycles. The third-order valence-electron chi connectivity index (χ3n) is 2.41. The van der Waals surface area contributed by atoms with Gasteiger partial charge in [0.2, 0.25) is 5.88 Å². The van der Waals surface area contributed by atoms with Crippen LogP contribution in [0.3, 0.4) is 0 Å². The van der Waals surface area contributed by atoms with Crippen molar-refractivity contribution in [1.82, 2.24) is 4.98 Å². The first kappa shape index (κ1) is 11.8. The Morgan fingerprint density at radius 1 is 1.39 bits per heavy atom. The van der Waals surface area contributed by atoms with E-state index in [1.165, 1.54) is 12.1 Å². The summed E-state index contributed by atoms with van der Waals surface area (Å²) in [6.07, 6.45) is 1.57. The van der Waals surface area contributed by atoms with Crippen LogP contribution in [0.2, 0.25) is 0 Å². The second-order valence-electron chi connectivity index (χ2n) is 3.70. The fourth-order valence-electron chi connectivity index (χ4n) is 1.40. The fourth-order valence-corrected chi connectivity index (χ4v) is 1.40. The van der Waals surface area contributed by atoms with E-state index in [-0.39, 0.29) is 11.6 Å². The topological polar surface area (TPSA) is 91.3 Å². The smallest absolute Gasteiger partial charge is 0.273 e. The summed E-state index contributed by atoms with van der Waals surface area (Å²) in [5.41, 5.74) is 7.02. The monoisotopic (exact) mass is 245 g/mol. The zero-order valence-corrected chi connectivity index (χ0v) is 9.66. The number of ether oxygens (including phenoxy) is 1. The summed E-state index contributed by atoms with van der Waals surface area (Å²) >= 11 is 0. The van der Waals surface area contributed by atoms with Gasteiger partial charge < -0.3 is 10.5 Å². The Kier molecular flexibility index (Phi) is 3.09. The second-order valence-corrected chi connectivity index (χ2v) is 3.70. The molecule has 2 N–H and O–H groups in total. The Hall–Kier alpha value is -2.63. The van der Waals surface area contributed by atoms with E-state index in [1.54, 1.807) is 24.4 Å². The maximum atomic E-state index is 10.6. The van der Waals surface area contributed by atoms with E-state index in [0.29, 0.717) is 11.4 Å². The average Bonchev–Trinajstić information content (AvgIpc) is 2.35. The van der Waals surface area contributed by atoms with Crippen LogP contribution < -0.4 is 10.5 Å². The van der Waals surface area contributed by atoms with Crippen molar-refractivity contribution < 1.29 is 9.66 Å². The normalized spacial score (nSPS) is 10.1. The minimum atomic E-state index is -0.486. The first-order valence-electron chi connectivity index (χ1n) is 5.21. The lowest BCUT2D eigenvalue weighted by Gasteiger charge is -2.08. The Balaban J connectivity index is 2.31. The highest BCUT2D eigenvalue weighted by atomic mass is 16.6. The van der Waals surface area contributed by atoms with Crippen molar-refractivity contribution in [3.8, 4) is 11.6 Å². The van der Waals surface area contributed by atoms with E-state index in [4.69, 9.17) is 10.5 Å². The molecule has 6 nitrogen and oxygen atoms in total. The first-order chi connectivity index (χ1) is 8.58. The number of anilines is 1. The van der Waals surface area contributed by atoms with Gasteiger partial charge in [0.1, 0.15) is 5.75 Å². The second kappa shape index (κ2) is 4.70. The number of hydrogen-bond acceptors (Lipinski definition) is 5. The van der Waals surface area contributed by atoms with Crippen molar-refractivity contribution >= 4 is 11.4 Å². The molecule has 0 aliphatic rings. The number of rotatable bonds is 3. The van der Waals surface area contributed by atoms with Crippen LogP contribution in [0.5, 0.6) is 11.6 Å². The van der Waals surface area contributed by atoms with Crippen molar-refractivity contribution in [2.45, 2.75) is 6.92 Å². The van der Waals surface area contributed by atoms with Crippen LogP contribution in [0.4, 0.5) is 11.4 Å². The number of hydrogen-bond donors (Lipinski definition) is 1. The summed E-state index contributed by atoms with van der Waals surface area (Å²) < 4.78 is 5.44. The molecule has 2 rings (SSSR count). The van der Waals surface area contributed by atoms with Gasteiger partial charge in [0, 0.05) is 12.3 Å². The molecule has 92 valence electrons. The van der Waals surface area contributed by atoms with E-state index in [9.17, 15) is 10.1 Å². The van der Waals surface area contributed by atoms with Crippen LogP contribution in [0.25, 0.3) is 0 Å². The minimum absolute atomic E-state index is 0.0428. The molecule has 0 saturated heterocycles. The van der Waals surface area contributed by atoms with Crippen LogP contribution in [-0.2, 0) is 0 Å². The van der Waals surface area contributed by atoms with Crippen LogP contribution in [0.15, 0.2) is 36.5 Å². The van der Waals surface area contributed by atoms with Gasteiger partial charge in [-0.05, 0) is 24.6 Å². The molecule has 0 aliphatic carbocycles. The van der Waals surface area contributed by atoms with Gasteiger partial charge in [0.15, 0.2) is 0 Å². The number of pyridine rings is 1. The molecule has 6 heteroatoms. The molecule has 0 saturated carbocycles. The van der Waals surface area contributed by atoms with Crippen molar-refractivity contribution in [3.05, 3.63) is 52.2 Å². The average molecular weight is 245 g/mol. The minimum Gasteiger partial charge on any atom is -0.437 e. The van der Waals surface area contributed by atoms with Gasteiger partial charge in [-0.15, -0.1) is 0 Å². The third-order valence-corrected chi connectivity index (χ3v) is 2.41. The zero-order chi connectivity index (χ0) is 13.1. The Morgan fingerprint density at radius 2 is 2.17 bits per heavy atom. The largest absolute Gasteiger partial charge is 0.437 e. The van der Waals surface area contributed by atoms with Gasteiger partial charge in [-0.3, -0.25) is 10.1 Å². The zero-order valence-electron chi connectivity index (χ0n) is 9.66. The van der Waals surface area contributed by atoms with E-state index < -0.39 is 4.92 Å². The van der Waals surface area contributed by atoms with Gasteiger partial charge in [-0.25, -0.2) is 4.98 Å². The maximum absolute atomic E-state index is 10.6. The SMILES string of the molecule is Cc1ccnc(Oc2cccc([N+](=O)[O-])c2)c1N. The molecular formula is C12H11N3O3. The molecule has 0 amide bonds. The number of nitro groups is 1. The number of aromatic nitrogens is 1. The molecule has 2 aromatic rings. The molecule has 0 atom stereocenters. The molecule has 0 bridgehead atoms. The first-order valence-corrected chi connectivity index (χ1v) is 5.21. The summed E-state index contributed by atoms with van der Waals surface area (Å²) in [6, 6.07) is 7.62. The van der Waals surface area contributed by atoms with Crippen molar-refractivity contribution in [2.24, 2.45) is 0 Å². The van der Waals surface area contributed by atoms with E-state index in [2.05, 4.69) is 4.98 Å². The fraction of sp³-hybridized carbons (Fsp3) is 0.0833. The van der Waals surface area contributed by atoms with Crippen molar-refractivity contribution in [1.29, 1.82) is 0 Å². The van der Waals surface area contributed by atoms with Crippen molar-refractivity contribution in [2.75, 3.05) is 5.73 Å². The van der Waals surface area contributed by atoms with Gasteiger partial charge in [0.25, 0.3) is 5.69 Å². The number of nitrogen functional groups attached to an aromatic ring is 1. The maximum Gasteiger partial charge on any atom is 0.273 e. The van der Waals surface area contributed by atoms with Gasteiger partial charge >= 0.3 is 0 Å². The molecule has 0 radical (unpaired) electrons. The van der Waals surface area contributed by atoms with Gasteiger partial charge in [-0.2, -0.15) is 0 Å². The number of nitrogens with two attached hydrogens (primary N) is 1. The molecule has 0 fully saturated rings. The van der Waals surface area contributed by atoms with Gasteiger partial charge in [-0.1, -0.05) is 6.07 Å². The molecule has 1 heterocycles. The molecule has 1 aromatic heterocycles. The van der Waals surface area contributed by atoms with Crippen LogP contribution in [0.1, 0.15) is 5.56 Å². The molecule has 0 unspecified atom stereocenters. The van der Waals surface area contributed by atoms with Crippen LogP contribution in [0, 0.1) is 17.0 Å². The molecule has 0 spiro atoms. The highest BCUT2D eigenvalue weighted by Gasteiger charge is 2.09. The summed E-state index contributed by atoms with van der Waals surface area (Å²) in [4.78, 5) is 14.1. The molecule has 18 heavy (non-hydrogen) atoms. The quantitative estimate of drug-likeness (QED) is 0.663. The van der Waals surface area contributed by atoms with Crippen LogP contribution >= 0.6 is 0 Å². The van der Waals surface area contributed by atoms with Gasteiger partial charge in [0.05, 0.1) is 16.7 Å². The summed E-state index contributed by atoms with van der Waals surface area (Å²) in [7, 11) is 0. The number of nitro benzene ring substituents is 1. The predicted octanol–water partition coefficient (Wildman–Crippen LogP) is 2.67. The standard InChI is InChI=1S/C12H11N3O3/c1-8-5-6-14-12(11(8)13)18-10-4-2-3-9(7-10)15(16)17/h2-7H,13H2,1H3. The third kappa shape index (κ3) is 2.37. The Labute approximate surface area is 103 Å². The lowest BCUT2D eigenvalue weighted by molar-refractivity contribution is -0.384. The van der Waals surface area contributed by atoms with E-state index in [1.807, 2.05) is 6.92 Å². The number of aryl methyl sites for hydroxylation is 1. The molecule has 0 aliphatic heterocycles. The van der Waals surface area contributed by atoms with E-state index >= 15 is 0 Å². The van der Waals surface area contributed by atoms with E-state index in [0.717, 1.165) is 5.56 Å². The number of non-ortho nitro benzene ring substituents is 1. The lowest BCUT2D eigenvalue weighted by Crippen LogP contribution is -1.97. The molecular weight excluding hydrogens is 234 g/mol. The summed E-state index contributed by atoms with van der Waals surface area (Å²) in [6.45, 7) is 1.83. The predicted molar refractivity (Wildman–Crippen MR) is 66.6 cm³/mol.